The molecule has 0 aliphatic heterocycles. The third-order valence-electron chi connectivity index (χ3n) is 7.14. The summed E-state index contributed by atoms with van der Waals surface area (Å²) in [4.78, 5) is 68.2. The average molecular weight is 679 g/mol. The Bertz CT molecular complexity index is 1700. The van der Waals surface area contributed by atoms with Crippen molar-refractivity contribution in [2.24, 2.45) is 22.2 Å². The zero-order valence-corrected chi connectivity index (χ0v) is 27.3. The van der Waals surface area contributed by atoms with Gasteiger partial charge < -0.3 is 38.5 Å². The van der Waals surface area contributed by atoms with Gasteiger partial charge in [-0.3, -0.25) is 29.0 Å². The molecule has 0 aliphatic rings. The van der Waals surface area contributed by atoms with Crippen LogP contribution in [0.5, 0.6) is 0 Å². The van der Waals surface area contributed by atoms with Crippen molar-refractivity contribution in [3.63, 3.8) is 0 Å². The average Bonchev–Trinajstić information content (AvgIpc) is 3.69. The van der Waals surface area contributed by atoms with Gasteiger partial charge in [0.25, 0.3) is 11.8 Å². The Hall–Kier alpha value is -5.02. The van der Waals surface area contributed by atoms with Gasteiger partial charge in [0.15, 0.2) is 5.96 Å². The Morgan fingerprint density at radius 1 is 0.681 bits per heavy atom. The van der Waals surface area contributed by atoms with Crippen molar-refractivity contribution in [1.29, 1.82) is 0 Å². The molecule has 4 rings (SSSR count). The number of thiophene rings is 2. The van der Waals surface area contributed by atoms with Crippen molar-refractivity contribution >= 4 is 78.3 Å². The summed E-state index contributed by atoms with van der Waals surface area (Å²) in [6.07, 6.45) is 1.97. The highest BCUT2D eigenvalue weighted by Gasteiger charge is 2.24. The Labute approximate surface area is 279 Å². The van der Waals surface area contributed by atoms with Crippen LogP contribution in [0.4, 0.5) is 0 Å². The van der Waals surface area contributed by atoms with E-state index in [0.717, 1.165) is 20.2 Å². The zero-order chi connectivity index (χ0) is 33.8. The molecule has 0 unspecified atom stereocenters. The molecule has 0 aliphatic carbocycles. The molecule has 47 heavy (non-hydrogen) atoms. The first-order valence-electron chi connectivity index (χ1n) is 15.1. The van der Waals surface area contributed by atoms with E-state index in [1.807, 2.05) is 48.5 Å². The molecule has 2 aromatic carbocycles. The Kier molecular flexibility index (Phi) is 12.6. The maximum absolute atomic E-state index is 13.2. The van der Waals surface area contributed by atoms with Crippen LogP contribution < -0.4 is 38.5 Å². The third-order valence-corrected chi connectivity index (χ3v) is 9.37. The van der Waals surface area contributed by atoms with Crippen molar-refractivity contribution in [1.82, 2.24) is 21.3 Å². The molecule has 2 aromatic heterocycles. The molecule has 0 bridgehead atoms. The lowest BCUT2D eigenvalue weighted by molar-refractivity contribution is -0.126. The van der Waals surface area contributed by atoms with Crippen LogP contribution in [0.3, 0.4) is 0 Å². The van der Waals surface area contributed by atoms with Gasteiger partial charge in [0.1, 0.15) is 12.1 Å². The summed E-state index contributed by atoms with van der Waals surface area (Å²) in [5.41, 5.74) is 16.0. The number of nitrogens with two attached hydrogens (primary N) is 3. The number of nitrogens with one attached hydrogen (secondary N) is 4. The minimum absolute atomic E-state index is 0.0538. The fourth-order valence-electron chi connectivity index (χ4n) is 4.79. The lowest BCUT2D eigenvalue weighted by Gasteiger charge is -2.19. The second kappa shape index (κ2) is 17.1. The third kappa shape index (κ3) is 10.5. The monoisotopic (exact) mass is 678 g/mol. The molecule has 0 radical (unpaired) electrons. The summed E-state index contributed by atoms with van der Waals surface area (Å²) in [6.45, 7) is 0.209. The standard InChI is InChI=1S/C32H38N8O5S2/c33-27(41)18-38-29(43)21(39-30(44)25-16-19-8-1-3-12-23(19)46-25)10-5-6-14-36-28(42)22(11-7-15-37-32(34)35)40-31(45)26-17-20-9-2-4-13-24(20)47-26/h1-4,8-9,12-13,16-17,21-22H,5-7,10-11,14-15,18H2,(H2,33,41)(H,36,42)(H,38,43)(H,39,44)(H,40,45)(H4,34,35,37)/t21-,22+/m1/s1. The molecule has 0 saturated carbocycles. The van der Waals surface area contributed by atoms with Gasteiger partial charge in [0, 0.05) is 22.5 Å². The van der Waals surface area contributed by atoms with Crippen LogP contribution in [0.25, 0.3) is 20.2 Å². The summed E-state index contributed by atoms with van der Waals surface area (Å²) in [5.74, 6) is -2.42. The Balaban J connectivity index is 1.32. The highest BCUT2D eigenvalue weighted by atomic mass is 32.1. The maximum Gasteiger partial charge on any atom is 0.262 e. The number of unbranched alkanes of at least 4 members (excludes halogenated alkanes) is 1. The van der Waals surface area contributed by atoms with Crippen molar-refractivity contribution in [2.75, 3.05) is 19.6 Å². The molecular formula is C32H38N8O5S2. The van der Waals surface area contributed by atoms with E-state index in [9.17, 15) is 24.0 Å². The van der Waals surface area contributed by atoms with E-state index in [2.05, 4.69) is 26.3 Å². The molecule has 10 N–H and O–H groups in total. The van der Waals surface area contributed by atoms with E-state index in [1.54, 1.807) is 12.1 Å². The number of rotatable bonds is 17. The topological polar surface area (TPSA) is 224 Å². The van der Waals surface area contributed by atoms with Gasteiger partial charge in [-0.15, -0.1) is 22.7 Å². The van der Waals surface area contributed by atoms with Gasteiger partial charge in [-0.2, -0.15) is 0 Å². The highest BCUT2D eigenvalue weighted by Crippen LogP contribution is 2.26. The van der Waals surface area contributed by atoms with Gasteiger partial charge in [0.2, 0.25) is 17.7 Å². The summed E-state index contributed by atoms with van der Waals surface area (Å²) < 4.78 is 1.91. The number of carbonyl (C=O) groups is 5. The SMILES string of the molecule is NC(=O)CNC(=O)[C@@H](CCCCNC(=O)[C@H](CCCN=C(N)N)NC(=O)c1cc2ccccc2s1)NC(=O)c1cc2ccccc2s1. The number of carbonyl (C=O) groups excluding carboxylic acids is 5. The van der Waals surface area contributed by atoms with Gasteiger partial charge in [-0.1, -0.05) is 36.4 Å². The quantitative estimate of drug-likeness (QED) is 0.0499. The van der Waals surface area contributed by atoms with Crippen LogP contribution in [0.15, 0.2) is 65.7 Å². The molecule has 5 amide bonds. The number of benzene rings is 2. The number of guanidine groups is 1. The van der Waals surface area contributed by atoms with Gasteiger partial charge in [-0.25, -0.2) is 0 Å². The molecule has 0 spiro atoms. The van der Waals surface area contributed by atoms with Crippen molar-refractivity contribution in [3.8, 4) is 0 Å². The van der Waals surface area contributed by atoms with E-state index >= 15 is 0 Å². The molecule has 2 atom stereocenters. The van der Waals surface area contributed by atoms with E-state index in [-0.39, 0.29) is 37.3 Å². The molecule has 15 heteroatoms. The second-order valence-electron chi connectivity index (χ2n) is 10.8. The number of aliphatic imine (C=N–C) groups is 1. The first kappa shape index (κ1) is 34.8. The maximum atomic E-state index is 13.2. The molecule has 248 valence electrons. The summed E-state index contributed by atoms with van der Waals surface area (Å²) in [7, 11) is 0. The first-order valence-corrected chi connectivity index (χ1v) is 16.7. The van der Waals surface area contributed by atoms with E-state index < -0.39 is 29.8 Å². The Morgan fingerprint density at radius 3 is 1.70 bits per heavy atom. The van der Waals surface area contributed by atoms with E-state index in [1.165, 1.54) is 22.7 Å². The van der Waals surface area contributed by atoms with Crippen molar-refractivity contribution in [3.05, 3.63) is 70.4 Å². The smallest absolute Gasteiger partial charge is 0.262 e. The number of hydrogen-bond acceptors (Lipinski definition) is 8. The fraction of sp³-hybridized carbons (Fsp3) is 0.312. The van der Waals surface area contributed by atoms with Gasteiger partial charge >= 0.3 is 0 Å². The lowest BCUT2D eigenvalue weighted by atomic mass is 10.1. The minimum Gasteiger partial charge on any atom is -0.370 e. The van der Waals surface area contributed by atoms with Crippen molar-refractivity contribution < 1.29 is 24.0 Å². The predicted molar refractivity (Wildman–Crippen MR) is 185 cm³/mol. The highest BCUT2D eigenvalue weighted by molar-refractivity contribution is 7.21. The first-order chi connectivity index (χ1) is 22.6. The molecule has 0 fully saturated rings. The molecule has 0 saturated heterocycles. The molecule has 2 heterocycles. The second-order valence-corrected chi connectivity index (χ2v) is 12.9. The van der Waals surface area contributed by atoms with Gasteiger partial charge in [0.05, 0.1) is 16.3 Å². The normalized spacial score (nSPS) is 12.2. The summed E-state index contributed by atoms with van der Waals surface area (Å²) in [5, 5.41) is 12.8. The van der Waals surface area contributed by atoms with E-state index in [0.29, 0.717) is 42.0 Å². The van der Waals surface area contributed by atoms with E-state index in [4.69, 9.17) is 17.2 Å². The summed E-state index contributed by atoms with van der Waals surface area (Å²) >= 11 is 2.66. The number of primary amides is 1. The van der Waals surface area contributed by atoms with Crippen LogP contribution in [0.1, 0.15) is 51.4 Å². The van der Waals surface area contributed by atoms with Crippen LogP contribution in [0.2, 0.25) is 0 Å². The summed E-state index contributed by atoms with van der Waals surface area (Å²) in [6, 6.07) is 17.0. The van der Waals surface area contributed by atoms with Gasteiger partial charge in [-0.05, 0) is 67.1 Å². The fourth-order valence-corrected chi connectivity index (χ4v) is 6.72. The van der Waals surface area contributed by atoms with Crippen LogP contribution in [-0.2, 0) is 14.4 Å². The van der Waals surface area contributed by atoms with Crippen LogP contribution in [-0.4, -0.2) is 67.2 Å². The zero-order valence-electron chi connectivity index (χ0n) is 25.6. The largest absolute Gasteiger partial charge is 0.370 e. The van der Waals surface area contributed by atoms with Crippen molar-refractivity contribution in [2.45, 2.75) is 44.2 Å². The molecule has 4 aromatic rings. The lowest BCUT2D eigenvalue weighted by Crippen LogP contribution is -2.48. The number of hydrogen-bond donors (Lipinski definition) is 7. The van der Waals surface area contributed by atoms with Crippen LogP contribution in [0, 0.1) is 0 Å². The van der Waals surface area contributed by atoms with Crippen LogP contribution >= 0.6 is 22.7 Å². The Morgan fingerprint density at radius 2 is 1.19 bits per heavy atom. The number of fused-ring (bicyclic) bond motifs is 2. The predicted octanol–water partition coefficient (Wildman–Crippen LogP) is 1.95. The minimum atomic E-state index is -0.924. The number of amides is 5. The molecule has 13 nitrogen and oxygen atoms in total. The number of nitrogens with zero attached hydrogens (tertiary/aromatic N) is 1. The molecular weight excluding hydrogens is 641 g/mol.